The summed E-state index contributed by atoms with van der Waals surface area (Å²) in [6.45, 7) is 10.4. The second-order valence-electron chi connectivity index (χ2n) is 3.20. The molecule has 0 saturated carbocycles. The Labute approximate surface area is 90.0 Å². The summed E-state index contributed by atoms with van der Waals surface area (Å²) in [6, 6.07) is -0.182. The van der Waals surface area contributed by atoms with Gasteiger partial charge in [-0.05, 0) is 19.4 Å². The lowest BCUT2D eigenvalue weighted by atomic mass is 10.2. The molecule has 0 aromatic carbocycles. The van der Waals surface area contributed by atoms with Gasteiger partial charge in [0.25, 0.3) is 0 Å². The van der Waals surface area contributed by atoms with E-state index in [0.29, 0.717) is 12.0 Å². The number of nitrogens with one attached hydrogen (secondary N) is 1. The number of hydrogen-bond acceptors (Lipinski definition) is 3. The van der Waals surface area contributed by atoms with Crippen LogP contribution in [0.2, 0.25) is 0 Å². The van der Waals surface area contributed by atoms with Crippen molar-refractivity contribution in [2.75, 3.05) is 6.61 Å². The van der Waals surface area contributed by atoms with Crippen LogP contribution in [-0.4, -0.2) is 24.5 Å². The smallest absolute Gasteiger partial charge is 0.333 e. The van der Waals surface area contributed by atoms with Crippen molar-refractivity contribution >= 4 is 11.9 Å². The van der Waals surface area contributed by atoms with E-state index in [1.54, 1.807) is 6.92 Å². The van der Waals surface area contributed by atoms with E-state index in [0.717, 1.165) is 0 Å². The third-order valence-electron chi connectivity index (χ3n) is 1.79. The maximum atomic E-state index is 11.1. The van der Waals surface area contributed by atoms with Gasteiger partial charge in [0.15, 0.2) is 0 Å². The zero-order valence-electron chi connectivity index (χ0n) is 9.21. The van der Waals surface area contributed by atoms with Crippen LogP contribution in [0, 0.1) is 0 Å². The van der Waals surface area contributed by atoms with E-state index in [1.165, 1.54) is 6.08 Å². The molecule has 0 fully saturated rings. The second-order valence-corrected chi connectivity index (χ2v) is 3.20. The third-order valence-corrected chi connectivity index (χ3v) is 1.79. The lowest BCUT2D eigenvalue weighted by Crippen LogP contribution is -2.37. The Bertz CT molecular complexity index is 271. The zero-order valence-corrected chi connectivity index (χ0v) is 9.21. The molecule has 0 aromatic rings. The first-order valence-electron chi connectivity index (χ1n) is 4.76. The maximum Gasteiger partial charge on any atom is 0.333 e. The summed E-state index contributed by atoms with van der Waals surface area (Å²) in [5.74, 6) is -0.713. The topological polar surface area (TPSA) is 55.4 Å². The van der Waals surface area contributed by atoms with Gasteiger partial charge in [0, 0.05) is 5.57 Å². The largest absolute Gasteiger partial charge is 0.460 e. The Balaban J connectivity index is 4.00. The van der Waals surface area contributed by atoms with Crippen LogP contribution in [0.3, 0.4) is 0 Å². The summed E-state index contributed by atoms with van der Waals surface area (Å²) in [4.78, 5) is 22.0. The highest BCUT2D eigenvalue weighted by Crippen LogP contribution is 1.97. The number of hydrogen-bond donors (Lipinski definition) is 1. The van der Waals surface area contributed by atoms with Gasteiger partial charge in [-0.15, -0.1) is 0 Å². The number of amides is 1. The predicted molar refractivity (Wildman–Crippen MR) is 58.2 cm³/mol. The van der Waals surface area contributed by atoms with Gasteiger partial charge in [-0.3, -0.25) is 4.79 Å². The SMILES string of the molecule is C=CC(=O)N[C@@H](CC)COC(=O)C(=C)C. The van der Waals surface area contributed by atoms with E-state index in [4.69, 9.17) is 4.74 Å². The Kier molecular flexibility index (Phi) is 6.09. The molecule has 84 valence electrons. The predicted octanol–water partition coefficient (Wildman–Crippen LogP) is 1.19. The van der Waals surface area contributed by atoms with Gasteiger partial charge in [0.05, 0.1) is 6.04 Å². The van der Waals surface area contributed by atoms with E-state index < -0.39 is 5.97 Å². The molecule has 4 nitrogen and oxygen atoms in total. The molecule has 0 aliphatic carbocycles. The molecule has 0 saturated heterocycles. The first kappa shape index (κ1) is 13.4. The first-order chi connectivity index (χ1) is 7.01. The molecule has 0 aliphatic heterocycles. The Hall–Kier alpha value is -1.58. The van der Waals surface area contributed by atoms with Crippen LogP contribution in [0.25, 0.3) is 0 Å². The van der Waals surface area contributed by atoms with Gasteiger partial charge in [-0.1, -0.05) is 20.1 Å². The molecule has 1 N–H and O–H groups in total. The number of carbonyl (C=O) groups excluding carboxylic acids is 2. The fourth-order valence-electron chi connectivity index (χ4n) is 0.821. The van der Waals surface area contributed by atoms with Crippen molar-refractivity contribution in [3.63, 3.8) is 0 Å². The van der Waals surface area contributed by atoms with Crippen LogP contribution < -0.4 is 5.32 Å². The molecular weight excluding hydrogens is 194 g/mol. The molecule has 0 aliphatic rings. The summed E-state index contributed by atoms with van der Waals surface area (Å²) in [6.07, 6.45) is 1.87. The van der Waals surface area contributed by atoms with Crippen molar-refractivity contribution in [2.45, 2.75) is 26.3 Å². The van der Waals surface area contributed by atoms with Crippen molar-refractivity contribution in [2.24, 2.45) is 0 Å². The van der Waals surface area contributed by atoms with Crippen molar-refractivity contribution < 1.29 is 14.3 Å². The molecule has 1 atom stereocenters. The normalized spacial score (nSPS) is 11.3. The standard InChI is InChI=1S/C11H17NO3/c1-5-9(12-10(13)6-2)7-15-11(14)8(3)4/h6,9H,2-3,5,7H2,1,4H3,(H,12,13)/t9-/m0/s1. The minimum absolute atomic E-state index is 0.155. The lowest BCUT2D eigenvalue weighted by molar-refractivity contribution is -0.140. The number of ether oxygens (including phenoxy) is 1. The van der Waals surface area contributed by atoms with Gasteiger partial charge in [-0.2, -0.15) is 0 Å². The van der Waals surface area contributed by atoms with Gasteiger partial charge >= 0.3 is 5.97 Å². The van der Waals surface area contributed by atoms with Crippen molar-refractivity contribution in [3.8, 4) is 0 Å². The van der Waals surface area contributed by atoms with Crippen LogP contribution in [-0.2, 0) is 14.3 Å². The number of rotatable bonds is 6. The van der Waals surface area contributed by atoms with E-state index in [9.17, 15) is 9.59 Å². The van der Waals surface area contributed by atoms with E-state index in [2.05, 4.69) is 18.5 Å². The maximum absolute atomic E-state index is 11.1. The molecular formula is C11H17NO3. The Morgan fingerprint density at radius 3 is 2.53 bits per heavy atom. The quantitative estimate of drug-likeness (QED) is 0.530. The number of esters is 1. The van der Waals surface area contributed by atoms with Crippen molar-refractivity contribution in [1.29, 1.82) is 0 Å². The molecule has 4 heteroatoms. The fraction of sp³-hybridized carbons (Fsp3) is 0.455. The van der Waals surface area contributed by atoms with Crippen molar-refractivity contribution in [3.05, 3.63) is 24.8 Å². The third kappa shape index (κ3) is 5.67. The monoisotopic (exact) mass is 211 g/mol. The summed E-state index contributed by atoms with van der Waals surface area (Å²) >= 11 is 0. The molecule has 0 aromatic heterocycles. The summed E-state index contributed by atoms with van der Waals surface area (Å²) in [7, 11) is 0. The van der Waals surface area contributed by atoms with Crippen LogP contribution >= 0.6 is 0 Å². The van der Waals surface area contributed by atoms with Gasteiger partial charge in [-0.25, -0.2) is 4.79 Å². The van der Waals surface area contributed by atoms with Crippen LogP contribution in [0.1, 0.15) is 20.3 Å². The van der Waals surface area contributed by atoms with E-state index in [1.807, 2.05) is 6.92 Å². The molecule has 0 unspecified atom stereocenters. The molecule has 15 heavy (non-hydrogen) atoms. The van der Waals surface area contributed by atoms with Crippen molar-refractivity contribution in [1.82, 2.24) is 5.32 Å². The minimum Gasteiger partial charge on any atom is -0.460 e. The first-order valence-corrected chi connectivity index (χ1v) is 4.76. The molecule has 0 spiro atoms. The van der Waals surface area contributed by atoms with E-state index in [-0.39, 0.29) is 18.6 Å². The van der Waals surface area contributed by atoms with E-state index >= 15 is 0 Å². The second kappa shape index (κ2) is 6.81. The average Bonchev–Trinajstić information content (AvgIpc) is 2.22. The Morgan fingerprint density at radius 1 is 1.53 bits per heavy atom. The number of carbonyl (C=O) groups is 2. The van der Waals surface area contributed by atoms with Gasteiger partial charge in [0.2, 0.25) is 5.91 Å². The fourth-order valence-corrected chi connectivity index (χ4v) is 0.821. The molecule has 0 heterocycles. The minimum atomic E-state index is -0.443. The zero-order chi connectivity index (χ0) is 11.8. The highest BCUT2D eigenvalue weighted by molar-refractivity contribution is 5.87. The highest BCUT2D eigenvalue weighted by atomic mass is 16.5. The van der Waals surface area contributed by atoms with Crippen LogP contribution in [0.4, 0.5) is 0 Å². The molecule has 0 rings (SSSR count). The lowest BCUT2D eigenvalue weighted by Gasteiger charge is -2.15. The van der Waals surface area contributed by atoms with Gasteiger partial charge < -0.3 is 10.1 Å². The van der Waals surface area contributed by atoms with Crippen LogP contribution in [0.15, 0.2) is 24.8 Å². The van der Waals surface area contributed by atoms with Crippen LogP contribution in [0.5, 0.6) is 0 Å². The summed E-state index contributed by atoms with van der Waals surface area (Å²) in [5, 5.41) is 2.65. The molecule has 1 amide bonds. The molecule has 0 radical (unpaired) electrons. The van der Waals surface area contributed by atoms with Gasteiger partial charge in [0.1, 0.15) is 6.61 Å². The highest BCUT2D eigenvalue weighted by Gasteiger charge is 2.11. The average molecular weight is 211 g/mol. The Morgan fingerprint density at radius 2 is 2.13 bits per heavy atom. The summed E-state index contributed by atoms with van der Waals surface area (Å²) < 4.78 is 4.91. The summed E-state index contributed by atoms with van der Waals surface area (Å²) in [5.41, 5.74) is 0.347. The molecule has 0 bridgehead atoms.